The largest absolute Gasteiger partial charge is 0.260 e. The molecule has 0 spiro atoms. The number of hydrogen-bond acceptors (Lipinski definition) is 6. The van der Waals surface area contributed by atoms with Crippen LogP contribution in [0.3, 0.4) is 0 Å². The third kappa shape index (κ3) is 5.11. The van der Waals surface area contributed by atoms with Crippen molar-refractivity contribution < 1.29 is 0 Å². The molecule has 3 aliphatic rings. The van der Waals surface area contributed by atoms with E-state index in [9.17, 15) is 15.8 Å². The Hall–Kier alpha value is -7.72. The molecule has 0 unspecified atom stereocenters. The van der Waals surface area contributed by atoms with Crippen molar-refractivity contribution in [1.29, 1.82) is 15.8 Å². The molecule has 2 aromatic heterocycles. The Balaban J connectivity index is 0.00000217. The minimum atomic E-state index is 0.440. The van der Waals surface area contributed by atoms with Gasteiger partial charge < -0.3 is 0 Å². The second-order valence-electron chi connectivity index (χ2n) is 13.0. The first-order valence-electron chi connectivity index (χ1n) is 18.6. The maximum atomic E-state index is 11.1. The van der Waals surface area contributed by atoms with Crippen molar-refractivity contribution in [2.24, 2.45) is 4.99 Å². The Morgan fingerprint density at radius 3 is 1.20 bits per heavy atom. The van der Waals surface area contributed by atoms with Crippen LogP contribution in [-0.2, 0) is 0 Å². The molecule has 0 saturated carbocycles. The highest BCUT2D eigenvalue weighted by atomic mass is 14.7. The normalized spacial score (nSPS) is 15.4. The molecule has 4 aromatic carbocycles. The maximum Gasteiger partial charge on any atom is 0.102 e. The highest BCUT2D eigenvalue weighted by Crippen LogP contribution is 2.65. The Morgan fingerprint density at radius 2 is 0.857 bits per heavy atom. The molecule has 3 aliphatic carbocycles. The number of nitriles is 3. The molecule has 264 valence electrons. The van der Waals surface area contributed by atoms with E-state index in [1.807, 2.05) is 107 Å². The molecule has 2 heterocycles. The summed E-state index contributed by atoms with van der Waals surface area (Å²) in [6.07, 6.45) is 6.97. The van der Waals surface area contributed by atoms with Gasteiger partial charge in [0, 0.05) is 52.0 Å². The Bertz CT molecular complexity index is 2810. The Morgan fingerprint density at radius 1 is 0.482 bits per heavy atom. The van der Waals surface area contributed by atoms with Crippen LogP contribution >= 0.6 is 0 Å². The number of nitrogens with zero attached hydrogens (tertiary/aromatic N) is 6. The van der Waals surface area contributed by atoms with Gasteiger partial charge in [-0.15, -0.1) is 0 Å². The molecule has 0 saturated heterocycles. The van der Waals surface area contributed by atoms with E-state index < -0.39 is 0 Å². The molecule has 6 aromatic rings. The second kappa shape index (κ2) is 14.6. The number of fused-ring (bicyclic) bond motifs is 12. The van der Waals surface area contributed by atoms with Gasteiger partial charge in [-0.3, -0.25) is 15.0 Å². The lowest BCUT2D eigenvalue weighted by atomic mass is 9.81. The summed E-state index contributed by atoms with van der Waals surface area (Å²) in [7, 11) is 0. The summed E-state index contributed by atoms with van der Waals surface area (Å²) in [5.74, 6) is 0. The zero-order valence-corrected chi connectivity index (χ0v) is 31.4. The van der Waals surface area contributed by atoms with E-state index in [1.54, 1.807) is 18.6 Å². The lowest BCUT2D eigenvalue weighted by Gasteiger charge is -2.20. The van der Waals surface area contributed by atoms with Crippen molar-refractivity contribution in [2.75, 3.05) is 0 Å². The molecule has 0 N–H and O–H groups in total. The van der Waals surface area contributed by atoms with Crippen molar-refractivity contribution in [3.05, 3.63) is 184 Å². The van der Waals surface area contributed by atoms with Crippen LogP contribution in [0.5, 0.6) is 0 Å². The van der Waals surface area contributed by atoms with Crippen LogP contribution in [0, 0.1) is 34.0 Å². The van der Waals surface area contributed by atoms with Crippen LogP contribution in [0.1, 0.15) is 72.5 Å². The monoisotopic (exact) mass is 718 g/mol. The highest BCUT2D eigenvalue weighted by molar-refractivity contribution is 6.28. The first kappa shape index (κ1) is 35.3. The average Bonchev–Trinajstić information content (AvgIpc) is 3.89. The van der Waals surface area contributed by atoms with Crippen LogP contribution < -0.4 is 0 Å². The topological polar surface area (TPSA) is 110 Å². The number of pyridine rings is 2. The summed E-state index contributed by atoms with van der Waals surface area (Å²) in [5, 5.41) is 33.2. The summed E-state index contributed by atoms with van der Waals surface area (Å²) >= 11 is 0. The van der Waals surface area contributed by atoms with Crippen LogP contribution in [0.4, 0.5) is 0 Å². The molecular weight excluding hydrogens is 685 g/mol. The zero-order valence-electron chi connectivity index (χ0n) is 31.4. The van der Waals surface area contributed by atoms with Crippen LogP contribution in [0.15, 0.2) is 144 Å². The lowest BCUT2D eigenvalue weighted by molar-refractivity contribution is 1.28. The lowest BCUT2D eigenvalue weighted by Crippen LogP contribution is -2.01. The molecule has 6 heteroatoms. The predicted octanol–water partition coefficient (Wildman–Crippen LogP) is 11.7. The van der Waals surface area contributed by atoms with Crippen molar-refractivity contribution in [2.45, 2.75) is 27.7 Å². The number of aliphatic imine (C=N–C) groups is 1. The minimum Gasteiger partial charge on any atom is -0.260 e. The quantitative estimate of drug-likeness (QED) is 0.133. The van der Waals surface area contributed by atoms with Crippen molar-refractivity contribution in [3.63, 3.8) is 0 Å². The van der Waals surface area contributed by atoms with E-state index in [0.717, 1.165) is 83.5 Å². The second-order valence-corrected chi connectivity index (χ2v) is 13.0. The van der Waals surface area contributed by atoms with Crippen LogP contribution in [-0.4, -0.2) is 16.2 Å². The Kier molecular flexibility index (Phi) is 9.21. The molecule has 6 nitrogen and oxygen atoms in total. The van der Waals surface area contributed by atoms with Gasteiger partial charge in [0.25, 0.3) is 0 Å². The van der Waals surface area contributed by atoms with E-state index >= 15 is 0 Å². The average molecular weight is 719 g/mol. The molecular formula is C50H34N6. The van der Waals surface area contributed by atoms with Gasteiger partial charge in [0.1, 0.15) is 18.2 Å². The van der Waals surface area contributed by atoms with E-state index in [2.05, 4.69) is 69.6 Å². The van der Waals surface area contributed by atoms with Gasteiger partial charge in [-0.25, -0.2) is 0 Å². The molecule has 0 aliphatic heterocycles. The molecule has 0 radical (unpaired) electrons. The number of aromatic nitrogens is 2. The van der Waals surface area contributed by atoms with Gasteiger partial charge >= 0.3 is 0 Å². The molecule has 9 rings (SSSR count). The van der Waals surface area contributed by atoms with E-state index in [1.165, 1.54) is 0 Å². The number of benzene rings is 4. The molecule has 0 amide bonds. The van der Waals surface area contributed by atoms with Crippen molar-refractivity contribution in [3.8, 4) is 51.6 Å². The van der Waals surface area contributed by atoms with Crippen molar-refractivity contribution in [1.82, 2.24) is 9.97 Å². The van der Waals surface area contributed by atoms with Gasteiger partial charge in [-0.1, -0.05) is 105 Å². The van der Waals surface area contributed by atoms with Gasteiger partial charge in [0.15, 0.2) is 0 Å². The van der Waals surface area contributed by atoms with E-state index in [0.29, 0.717) is 33.8 Å². The van der Waals surface area contributed by atoms with Gasteiger partial charge in [0.05, 0.1) is 33.8 Å². The molecule has 0 bridgehead atoms. The van der Waals surface area contributed by atoms with Gasteiger partial charge in [0.2, 0.25) is 0 Å². The number of rotatable bonds is 4. The van der Waals surface area contributed by atoms with Gasteiger partial charge in [-0.05, 0) is 88.2 Å². The molecule has 0 atom stereocenters. The minimum absolute atomic E-state index is 0.440. The van der Waals surface area contributed by atoms with Crippen molar-refractivity contribution >= 4 is 34.1 Å². The summed E-state index contributed by atoms with van der Waals surface area (Å²) in [5.41, 5.74) is 16.3. The standard InChI is InChI=1S/C48H28N6.C2H6/c1-3-37(52-4-2)34(25-49)40-28-15-5-8-18-31(28)43-46(40)44-32-19-9-6-16-29(32)41(35(26-50)38-21-11-13-23-53-38)48(44)45-33-20-10-7-17-30(33)42(47(43)45)36(27-51)39-22-12-14-24-54-39;1-2/h3-24H,1-2H3;1-2H3/b37-3-,40-34+,41-35+,42-36+,52-4?;. The van der Waals surface area contributed by atoms with E-state index in [4.69, 9.17) is 0 Å². The number of allylic oxidation sites excluding steroid dienone is 4. The molecule has 56 heavy (non-hydrogen) atoms. The Labute approximate surface area is 326 Å². The number of hydrogen-bond donors (Lipinski definition) is 0. The third-order valence-corrected chi connectivity index (χ3v) is 10.4. The highest BCUT2D eigenvalue weighted by Gasteiger charge is 2.44. The summed E-state index contributed by atoms with van der Waals surface area (Å²) in [6, 6.07) is 43.4. The summed E-state index contributed by atoms with van der Waals surface area (Å²) in [4.78, 5) is 14.0. The maximum absolute atomic E-state index is 11.1. The first-order valence-corrected chi connectivity index (χ1v) is 18.6. The van der Waals surface area contributed by atoms with Crippen LogP contribution in [0.25, 0.3) is 61.2 Å². The van der Waals surface area contributed by atoms with E-state index in [-0.39, 0.29) is 0 Å². The summed E-state index contributed by atoms with van der Waals surface area (Å²) in [6.45, 7) is 7.73. The third-order valence-electron chi connectivity index (χ3n) is 10.4. The summed E-state index contributed by atoms with van der Waals surface area (Å²) < 4.78 is 0. The predicted molar refractivity (Wildman–Crippen MR) is 225 cm³/mol. The first-order chi connectivity index (χ1) is 27.7. The fraction of sp³-hybridized carbons (Fsp3) is 0.0800. The smallest absolute Gasteiger partial charge is 0.102 e. The van der Waals surface area contributed by atoms with Crippen LogP contribution in [0.2, 0.25) is 0 Å². The zero-order chi connectivity index (χ0) is 38.9. The fourth-order valence-electron chi connectivity index (χ4n) is 8.42. The SMILES string of the molecule is CC.CC=NC(=C\C)/C(C#N)=C1\c2ccccc2-c2c1c1c(c3c2/C(=C(\C#N)c2ccccn2)c2ccccc2-3)/C(=C(\C#N)c2ccccn2)c2ccccc2-1. The van der Waals surface area contributed by atoms with Gasteiger partial charge in [-0.2, -0.15) is 15.8 Å². The fourth-order valence-corrected chi connectivity index (χ4v) is 8.42. The molecule has 0 fully saturated rings.